The Kier molecular flexibility index (Phi) is 8.53. The van der Waals surface area contributed by atoms with E-state index >= 15 is 0 Å². The SMILES string of the molecule is CNSC.Cc1cc2nc3c(=O)[nH]c(=O)nc-3n(CCCCCC=O)c2cc1C. The number of nitrogens with one attached hydrogen (secondary N) is 2. The number of fused-ring (bicyclic) bond motifs is 2. The summed E-state index contributed by atoms with van der Waals surface area (Å²) >= 11 is 1.61. The van der Waals surface area contributed by atoms with Crippen molar-refractivity contribution in [3.8, 4) is 11.5 Å². The molecule has 2 heterocycles. The van der Waals surface area contributed by atoms with Gasteiger partial charge in [-0.1, -0.05) is 18.4 Å². The molecule has 29 heavy (non-hydrogen) atoms. The lowest BCUT2D eigenvalue weighted by Gasteiger charge is -2.17. The second-order valence-electron chi connectivity index (χ2n) is 6.66. The van der Waals surface area contributed by atoms with Crippen molar-refractivity contribution in [2.24, 2.45) is 0 Å². The molecule has 0 saturated heterocycles. The number of H-pyrrole nitrogens is 1. The Labute approximate surface area is 173 Å². The van der Waals surface area contributed by atoms with Crippen LogP contribution < -0.4 is 16.0 Å². The average Bonchev–Trinajstić information content (AvgIpc) is 2.69. The molecule has 0 spiro atoms. The minimum Gasteiger partial charge on any atom is -0.322 e. The molecule has 0 atom stereocenters. The standard InChI is InChI=1S/C18H20N4O3.C2H7NS/c1-11-9-13-14(10-12(11)2)22(7-5-3-4-6-8-23)16-15(19-13)17(24)21-18(25)20-16;1-3-4-2/h8-10H,3-7H2,1-2H3,(H,21,24,25);3H,1-2H3. The molecule has 3 rings (SSSR count). The zero-order valence-electron chi connectivity index (χ0n) is 17.2. The van der Waals surface area contributed by atoms with Crippen molar-refractivity contribution in [1.29, 1.82) is 0 Å². The number of carbonyl (C=O) groups excluding carboxylic acids is 1. The highest BCUT2D eigenvalue weighted by molar-refractivity contribution is 7.96. The van der Waals surface area contributed by atoms with E-state index in [2.05, 4.69) is 19.7 Å². The second-order valence-corrected chi connectivity index (χ2v) is 7.47. The van der Waals surface area contributed by atoms with Gasteiger partial charge in [0.25, 0.3) is 5.56 Å². The molecule has 1 aromatic rings. The highest BCUT2D eigenvalue weighted by Gasteiger charge is 2.18. The summed E-state index contributed by atoms with van der Waals surface area (Å²) in [6.45, 7) is 4.61. The smallest absolute Gasteiger partial charge is 0.322 e. The van der Waals surface area contributed by atoms with Gasteiger partial charge in [0.15, 0.2) is 11.5 Å². The van der Waals surface area contributed by atoms with E-state index in [4.69, 9.17) is 0 Å². The van der Waals surface area contributed by atoms with Crippen molar-refractivity contribution in [3.05, 3.63) is 44.1 Å². The zero-order valence-corrected chi connectivity index (χ0v) is 18.1. The molecule has 2 aliphatic heterocycles. The summed E-state index contributed by atoms with van der Waals surface area (Å²) in [6, 6.07) is 3.95. The van der Waals surface area contributed by atoms with Crippen molar-refractivity contribution in [2.45, 2.75) is 46.1 Å². The van der Waals surface area contributed by atoms with Crippen molar-refractivity contribution < 1.29 is 4.79 Å². The lowest BCUT2D eigenvalue weighted by molar-refractivity contribution is -0.107. The van der Waals surface area contributed by atoms with E-state index in [0.717, 1.165) is 42.2 Å². The van der Waals surface area contributed by atoms with Crippen LogP contribution in [0, 0.1) is 13.8 Å². The summed E-state index contributed by atoms with van der Waals surface area (Å²) in [5.41, 5.74) is 2.72. The number of nitrogens with zero attached hydrogens (tertiary/aromatic N) is 3. The highest BCUT2D eigenvalue weighted by atomic mass is 32.2. The summed E-state index contributed by atoms with van der Waals surface area (Å²) in [7, 11) is 1.89. The largest absolute Gasteiger partial charge is 0.349 e. The molecule has 156 valence electrons. The van der Waals surface area contributed by atoms with Gasteiger partial charge in [0.05, 0.1) is 11.0 Å². The van der Waals surface area contributed by atoms with Crippen LogP contribution in [0.2, 0.25) is 0 Å². The van der Waals surface area contributed by atoms with Crippen molar-refractivity contribution in [3.63, 3.8) is 0 Å². The van der Waals surface area contributed by atoms with E-state index < -0.39 is 11.2 Å². The fourth-order valence-corrected chi connectivity index (χ4v) is 2.95. The third kappa shape index (κ3) is 5.74. The van der Waals surface area contributed by atoms with E-state index in [1.807, 2.05) is 43.9 Å². The van der Waals surface area contributed by atoms with Gasteiger partial charge >= 0.3 is 5.69 Å². The number of aryl methyl sites for hydroxylation is 3. The number of unbranched alkanes of at least 4 members (excludes halogenated alkanes) is 3. The van der Waals surface area contributed by atoms with E-state index in [1.54, 1.807) is 11.9 Å². The third-order valence-corrected chi connectivity index (χ3v) is 5.04. The highest BCUT2D eigenvalue weighted by Crippen LogP contribution is 2.24. The van der Waals surface area contributed by atoms with Gasteiger partial charge in [0.2, 0.25) is 0 Å². The van der Waals surface area contributed by atoms with Gasteiger partial charge in [-0.3, -0.25) is 14.5 Å². The Bertz CT molecular complexity index is 1060. The van der Waals surface area contributed by atoms with Crippen molar-refractivity contribution in [2.75, 3.05) is 13.3 Å². The summed E-state index contributed by atoms with van der Waals surface area (Å²) in [5, 5.41) is 0. The molecule has 0 fully saturated rings. The molecular weight excluding hydrogens is 390 g/mol. The summed E-state index contributed by atoms with van der Waals surface area (Å²) < 4.78 is 4.74. The summed E-state index contributed by atoms with van der Waals surface area (Å²) in [5.74, 6) is 0.305. The van der Waals surface area contributed by atoms with Crippen LogP contribution in [0.3, 0.4) is 0 Å². The Hall–Kier alpha value is -2.52. The number of hydrogen-bond acceptors (Lipinski definition) is 7. The van der Waals surface area contributed by atoms with E-state index in [0.29, 0.717) is 24.3 Å². The number of benzene rings is 1. The van der Waals surface area contributed by atoms with Crippen LogP contribution in [-0.2, 0) is 11.3 Å². The topological polar surface area (TPSA) is 110 Å². The number of rotatable bonds is 7. The maximum absolute atomic E-state index is 12.2. The van der Waals surface area contributed by atoms with Crippen molar-refractivity contribution in [1.82, 2.24) is 24.2 Å². The van der Waals surface area contributed by atoms with Crippen LogP contribution >= 0.6 is 11.9 Å². The second kappa shape index (κ2) is 10.9. The summed E-state index contributed by atoms with van der Waals surface area (Å²) in [4.78, 5) is 44.9. The molecule has 1 aromatic carbocycles. The maximum Gasteiger partial charge on any atom is 0.349 e. The van der Waals surface area contributed by atoms with Crippen LogP contribution in [0.5, 0.6) is 0 Å². The Balaban J connectivity index is 0.000000687. The minimum absolute atomic E-state index is 0.170. The third-order valence-electron chi connectivity index (χ3n) is 4.63. The lowest BCUT2D eigenvalue weighted by atomic mass is 10.1. The predicted molar refractivity (Wildman–Crippen MR) is 118 cm³/mol. The first-order valence-corrected chi connectivity index (χ1v) is 10.7. The molecule has 9 heteroatoms. The quantitative estimate of drug-likeness (QED) is 0.263. The van der Waals surface area contributed by atoms with Gasteiger partial charge in [-0.25, -0.2) is 9.78 Å². The fraction of sp³-hybridized carbons (Fsp3) is 0.450. The normalized spacial score (nSPS) is 10.8. The van der Waals surface area contributed by atoms with E-state index in [1.165, 1.54) is 0 Å². The number of aromatic amines is 1. The zero-order chi connectivity index (χ0) is 21.4. The molecule has 0 bridgehead atoms. The fourth-order valence-electron chi connectivity index (χ4n) is 2.95. The molecule has 2 N–H and O–H groups in total. The molecular formula is C20H27N5O3S. The first-order chi connectivity index (χ1) is 13.9. The van der Waals surface area contributed by atoms with Gasteiger partial charge in [-0.05, 0) is 63.3 Å². The van der Waals surface area contributed by atoms with Gasteiger partial charge in [0.1, 0.15) is 6.29 Å². The molecule has 0 saturated carbocycles. The Morgan fingerprint density at radius 2 is 1.83 bits per heavy atom. The Morgan fingerprint density at radius 3 is 2.48 bits per heavy atom. The number of hydrogen-bond donors (Lipinski definition) is 2. The van der Waals surface area contributed by atoms with Crippen LogP contribution in [0.25, 0.3) is 22.6 Å². The number of aldehydes is 1. The average molecular weight is 418 g/mol. The number of carbonyl (C=O) groups is 1. The van der Waals surface area contributed by atoms with Crippen LogP contribution in [0.1, 0.15) is 36.8 Å². The van der Waals surface area contributed by atoms with Gasteiger partial charge < -0.3 is 9.36 Å². The lowest BCUT2D eigenvalue weighted by Crippen LogP contribution is -2.29. The van der Waals surface area contributed by atoms with Gasteiger partial charge in [0, 0.05) is 13.0 Å². The van der Waals surface area contributed by atoms with E-state index in [-0.39, 0.29) is 5.69 Å². The van der Waals surface area contributed by atoms with Gasteiger partial charge in [-0.2, -0.15) is 4.98 Å². The first-order valence-electron chi connectivity index (χ1n) is 9.48. The maximum atomic E-state index is 12.2. The molecule has 0 amide bonds. The molecule has 0 radical (unpaired) electrons. The number of aromatic nitrogens is 4. The first kappa shape index (κ1) is 22.8. The van der Waals surface area contributed by atoms with Crippen molar-refractivity contribution >= 4 is 29.3 Å². The molecule has 0 aliphatic carbocycles. The van der Waals surface area contributed by atoms with E-state index in [9.17, 15) is 14.4 Å². The van der Waals surface area contributed by atoms with Crippen LogP contribution in [-0.4, -0.2) is 39.1 Å². The Morgan fingerprint density at radius 1 is 1.14 bits per heavy atom. The minimum atomic E-state index is -0.669. The molecule has 0 unspecified atom stereocenters. The van der Waals surface area contributed by atoms with Crippen LogP contribution in [0.4, 0.5) is 0 Å². The van der Waals surface area contributed by atoms with Gasteiger partial charge in [-0.15, -0.1) is 0 Å². The summed E-state index contributed by atoms with van der Waals surface area (Å²) in [6.07, 6.45) is 5.98. The monoisotopic (exact) mass is 417 g/mol. The molecule has 2 aliphatic rings. The molecule has 0 aromatic heterocycles. The van der Waals surface area contributed by atoms with Crippen LogP contribution in [0.15, 0.2) is 21.7 Å². The molecule has 8 nitrogen and oxygen atoms in total. The predicted octanol–water partition coefficient (Wildman–Crippen LogP) is 2.44.